The highest BCUT2D eigenvalue weighted by Crippen LogP contribution is 2.24. The highest BCUT2D eigenvalue weighted by molar-refractivity contribution is 6.17. The Morgan fingerprint density at radius 1 is 1.38 bits per heavy atom. The molecular formula is C12H15ClO3. The van der Waals surface area contributed by atoms with Crippen LogP contribution < -0.4 is 4.74 Å². The molecule has 0 heterocycles. The first kappa shape index (κ1) is 12.8. The summed E-state index contributed by atoms with van der Waals surface area (Å²) in [5.41, 5.74) is 2.81. The van der Waals surface area contributed by atoms with E-state index in [0.717, 1.165) is 22.4 Å². The second kappa shape index (κ2) is 5.75. The largest absolute Gasteiger partial charge is 0.497 e. The van der Waals surface area contributed by atoms with Crippen molar-refractivity contribution in [3.63, 3.8) is 0 Å². The average molecular weight is 243 g/mol. The minimum Gasteiger partial charge on any atom is -0.497 e. The number of benzene rings is 1. The number of carbonyl (C=O) groups is 1. The molecule has 0 atom stereocenters. The Morgan fingerprint density at radius 2 is 2.06 bits per heavy atom. The predicted molar refractivity (Wildman–Crippen MR) is 63.0 cm³/mol. The van der Waals surface area contributed by atoms with Crippen molar-refractivity contribution in [2.24, 2.45) is 0 Å². The molecule has 0 aliphatic heterocycles. The van der Waals surface area contributed by atoms with E-state index in [9.17, 15) is 4.79 Å². The molecule has 3 nitrogen and oxygen atoms in total. The first-order valence-corrected chi connectivity index (χ1v) is 5.45. The smallest absolute Gasteiger partial charge is 0.309 e. The second-order valence-corrected chi connectivity index (χ2v) is 3.74. The highest BCUT2D eigenvalue weighted by atomic mass is 35.5. The Kier molecular flexibility index (Phi) is 4.62. The Labute approximate surface area is 100 Å². The van der Waals surface area contributed by atoms with Crippen molar-refractivity contribution in [2.75, 3.05) is 14.2 Å². The van der Waals surface area contributed by atoms with Gasteiger partial charge in [-0.05, 0) is 35.7 Å². The van der Waals surface area contributed by atoms with Crippen molar-refractivity contribution in [3.8, 4) is 5.75 Å². The lowest BCUT2D eigenvalue weighted by molar-refractivity contribution is -0.139. The van der Waals surface area contributed by atoms with Crippen LogP contribution in [-0.4, -0.2) is 20.2 Å². The van der Waals surface area contributed by atoms with Crippen molar-refractivity contribution in [2.45, 2.75) is 19.2 Å². The maximum Gasteiger partial charge on any atom is 0.309 e. The quantitative estimate of drug-likeness (QED) is 0.601. The molecule has 16 heavy (non-hydrogen) atoms. The molecule has 0 aliphatic rings. The van der Waals surface area contributed by atoms with Crippen LogP contribution in [0.15, 0.2) is 12.1 Å². The summed E-state index contributed by atoms with van der Waals surface area (Å²) in [5, 5.41) is 0. The molecule has 0 spiro atoms. The van der Waals surface area contributed by atoms with Gasteiger partial charge in [-0.2, -0.15) is 0 Å². The van der Waals surface area contributed by atoms with Gasteiger partial charge in [-0.25, -0.2) is 0 Å². The monoisotopic (exact) mass is 242 g/mol. The Bertz CT molecular complexity index is 388. The van der Waals surface area contributed by atoms with Gasteiger partial charge in [0.05, 0.1) is 20.6 Å². The molecule has 0 aliphatic carbocycles. The zero-order valence-electron chi connectivity index (χ0n) is 9.67. The van der Waals surface area contributed by atoms with E-state index in [1.807, 2.05) is 19.1 Å². The van der Waals surface area contributed by atoms with E-state index in [1.54, 1.807) is 7.11 Å². The average Bonchev–Trinajstić information content (AvgIpc) is 2.30. The SMILES string of the molecule is COC(=O)Cc1c(C)cc(OC)cc1CCl. The van der Waals surface area contributed by atoms with Gasteiger partial charge in [0, 0.05) is 5.88 Å². The molecule has 1 rings (SSSR count). The van der Waals surface area contributed by atoms with Crippen molar-refractivity contribution >= 4 is 17.6 Å². The number of hydrogen-bond acceptors (Lipinski definition) is 3. The molecule has 0 saturated heterocycles. The van der Waals surface area contributed by atoms with Crippen LogP contribution in [-0.2, 0) is 21.8 Å². The summed E-state index contributed by atoms with van der Waals surface area (Å²) in [6.07, 6.45) is 0.244. The maximum absolute atomic E-state index is 11.3. The van der Waals surface area contributed by atoms with Crippen LogP contribution in [0.2, 0.25) is 0 Å². The summed E-state index contributed by atoms with van der Waals surface area (Å²) in [6, 6.07) is 3.73. The van der Waals surface area contributed by atoms with Gasteiger partial charge in [0.25, 0.3) is 0 Å². The van der Waals surface area contributed by atoms with Crippen LogP contribution in [0.1, 0.15) is 16.7 Å². The number of hydrogen-bond donors (Lipinski definition) is 0. The van der Waals surface area contributed by atoms with Gasteiger partial charge < -0.3 is 9.47 Å². The first-order valence-electron chi connectivity index (χ1n) is 4.91. The van der Waals surface area contributed by atoms with Crippen LogP contribution in [0.3, 0.4) is 0 Å². The summed E-state index contributed by atoms with van der Waals surface area (Å²) in [5.74, 6) is 0.839. The number of rotatable bonds is 4. The van der Waals surface area contributed by atoms with Crippen LogP contribution >= 0.6 is 11.6 Å². The number of esters is 1. The van der Waals surface area contributed by atoms with Gasteiger partial charge in [0.2, 0.25) is 0 Å². The van der Waals surface area contributed by atoms with E-state index in [-0.39, 0.29) is 12.4 Å². The van der Waals surface area contributed by atoms with Gasteiger partial charge in [0.15, 0.2) is 0 Å². The van der Waals surface area contributed by atoms with E-state index < -0.39 is 0 Å². The molecule has 0 bridgehead atoms. The van der Waals surface area contributed by atoms with Crippen molar-refractivity contribution in [3.05, 3.63) is 28.8 Å². The van der Waals surface area contributed by atoms with Crippen LogP contribution in [0.5, 0.6) is 5.75 Å². The molecule has 0 aromatic heterocycles. The molecule has 0 unspecified atom stereocenters. The minimum atomic E-state index is -0.264. The fraction of sp³-hybridized carbons (Fsp3) is 0.417. The molecule has 88 valence electrons. The molecule has 1 aromatic carbocycles. The fourth-order valence-corrected chi connectivity index (χ4v) is 1.80. The highest BCUT2D eigenvalue weighted by Gasteiger charge is 2.12. The third-order valence-corrected chi connectivity index (χ3v) is 2.76. The standard InChI is InChI=1S/C12H15ClO3/c1-8-4-10(15-2)5-9(7-13)11(8)6-12(14)16-3/h4-5H,6-7H2,1-3H3. The normalized spacial score (nSPS) is 10.0. The third kappa shape index (κ3) is 2.89. The fourth-order valence-electron chi connectivity index (χ4n) is 1.56. The van der Waals surface area contributed by atoms with E-state index in [4.69, 9.17) is 16.3 Å². The molecule has 0 amide bonds. The molecule has 0 radical (unpaired) electrons. The van der Waals surface area contributed by atoms with Crippen LogP contribution in [0.25, 0.3) is 0 Å². The lowest BCUT2D eigenvalue weighted by Gasteiger charge is -2.12. The van der Waals surface area contributed by atoms with E-state index in [2.05, 4.69) is 4.74 Å². The topological polar surface area (TPSA) is 35.5 Å². The Hall–Kier alpha value is -1.22. The lowest BCUT2D eigenvalue weighted by Crippen LogP contribution is -2.08. The third-order valence-electron chi connectivity index (χ3n) is 2.47. The van der Waals surface area contributed by atoms with Crippen LogP contribution in [0, 0.1) is 6.92 Å². The van der Waals surface area contributed by atoms with E-state index in [0.29, 0.717) is 5.88 Å². The lowest BCUT2D eigenvalue weighted by atomic mass is 9.99. The van der Waals surface area contributed by atoms with Gasteiger partial charge >= 0.3 is 5.97 Å². The second-order valence-electron chi connectivity index (χ2n) is 3.47. The Balaban J connectivity index is 3.11. The molecule has 0 saturated carbocycles. The van der Waals surface area contributed by atoms with Gasteiger partial charge in [0.1, 0.15) is 5.75 Å². The number of methoxy groups -OCH3 is 2. The molecule has 1 aromatic rings. The van der Waals surface area contributed by atoms with Gasteiger partial charge in [-0.15, -0.1) is 11.6 Å². The minimum absolute atomic E-state index is 0.244. The van der Waals surface area contributed by atoms with Crippen molar-refractivity contribution < 1.29 is 14.3 Å². The van der Waals surface area contributed by atoms with Crippen molar-refractivity contribution in [1.82, 2.24) is 0 Å². The summed E-state index contributed by atoms with van der Waals surface area (Å²) in [6.45, 7) is 1.93. The number of aryl methyl sites for hydroxylation is 1. The van der Waals surface area contributed by atoms with E-state index in [1.165, 1.54) is 7.11 Å². The number of alkyl halides is 1. The van der Waals surface area contributed by atoms with Crippen LogP contribution in [0.4, 0.5) is 0 Å². The number of carbonyl (C=O) groups excluding carboxylic acids is 1. The molecule has 4 heteroatoms. The molecular weight excluding hydrogens is 228 g/mol. The summed E-state index contributed by atoms with van der Waals surface area (Å²) >= 11 is 5.85. The predicted octanol–water partition coefficient (Wildman–Crippen LogP) is 2.46. The van der Waals surface area contributed by atoms with Crippen molar-refractivity contribution in [1.29, 1.82) is 0 Å². The van der Waals surface area contributed by atoms with Gasteiger partial charge in [-0.1, -0.05) is 0 Å². The molecule has 0 N–H and O–H groups in total. The zero-order chi connectivity index (χ0) is 12.1. The number of halogens is 1. The first-order chi connectivity index (χ1) is 7.62. The summed E-state index contributed by atoms with van der Waals surface area (Å²) < 4.78 is 9.80. The molecule has 0 fully saturated rings. The Morgan fingerprint density at radius 3 is 2.56 bits per heavy atom. The number of ether oxygens (including phenoxy) is 2. The maximum atomic E-state index is 11.3. The zero-order valence-corrected chi connectivity index (χ0v) is 10.4. The summed E-state index contributed by atoms with van der Waals surface area (Å²) in [7, 11) is 2.98. The van der Waals surface area contributed by atoms with Gasteiger partial charge in [-0.3, -0.25) is 4.79 Å². The van der Waals surface area contributed by atoms with E-state index >= 15 is 0 Å². The summed E-state index contributed by atoms with van der Waals surface area (Å²) in [4.78, 5) is 11.3.